The van der Waals surface area contributed by atoms with Gasteiger partial charge in [-0.3, -0.25) is 0 Å². The molecule has 88 valence electrons. The van der Waals surface area contributed by atoms with Crippen molar-refractivity contribution in [2.75, 3.05) is 0 Å². The standard InChI is InChI=1S/C15H16FN/c1-2-11-3-5-12(6-4-11)13-7-8-14(10-17)15(16)9-13/h2,7-9,11-12H,1,3-6H2/t11-,12-. The lowest BCUT2D eigenvalue weighted by Crippen LogP contribution is -2.11. The maximum absolute atomic E-state index is 13.5. The summed E-state index contributed by atoms with van der Waals surface area (Å²) >= 11 is 0. The summed E-state index contributed by atoms with van der Waals surface area (Å²) in [5.41, 5.74) is 1.16. The van der Waals surface area contributed by atoms with E-state index < -0.39 is 5.82 Å². The van der Waals surface area contributed by atoms with Crippen molar-refractivity contribution in [2.45, 2.75) is 31.6 Å². The summed E-state index contributed by atoms with van der Waals surface area (Å²) in [4.78, 5) is 0. The number of hydrogen-bond acceptors (Lipinski definition) is 1. The van der Waals surface area contributed by atoms with Crippen molar-refractivity contribution in [3.63, 3.8) is 0 Å². The fraction of sp³-hybridized carbons (Fsp3) is 0.400. The van der Waals surface area contributed by atoms with Crippen LogP contribution in [0.4, 0.5) is 4.39 Å². The predicted molar refractivity (Wildman–Crippen MR) is 66.0 cm³/mol. The molecule has 1 fully saturated rings. The second-order valence-corrected chi connectivity index (χ2v) is 4.70. The molecular weight excluding hydrogens is 213 g/mol. The molecule has 17 heavy (non-hydrogen) atoms. The zero-order valence-corrected chi connectivity index (χ0v) is 9.82. The van der Waals surface area contributed by atoms with E-state index in [1.807, 2.05) is 18.2 Å². The summed E-state index contributed by atoms with van der Waals surface area (Å²) in [6.07, 6.45) is 6.46. The minimum atomic E-state index is -0.393. The SMILES string of the molecule is C=C[C@H]1CC[C@H](c2ccc(C#N)c(F)c2)CC1. The first-order valence-electron chi connectivity index (χ1n) is 6.06. The minimum absolute atomic E-state index is 0.133. The van der Waals surface area contributed by atoms with Gasteiger partial charge in [-0.15, -0.1) is 6.58 Å². The largest absolute Gasteiger partial charge is 0.206 e. The average molecular weight is 229 g/mol. The third-order valence-electron chi connectivity index (χ3n) is 3.69. The highest BCUT2D eigenvalue weighted by atomic mass is 19.1. The fourth-order valence-electron chi connectivity index (χ4n) is 2.56. The Morgan fingerprint density at radius 2 is 2.00 bits per heavy atom. The van der Waals surface area contributed by atoms with E-state index in [9.17, 15) is 4.39 Å². The lowest BCUT2D eigenvalue weighted by atomic mass is 9.78. The van der Waals surface area contributed by atoms with Crippen LogP contribution in [0.15, 0.2) is 30.9 Å². The van der Waals surface area contributed by atoms with Crippen molar-refractivity contribution in [3.05, 3.63) is 47.8 Å². The van der Waals surface area contributed by atoms with Crippen molar-refractivity contribution in [1.82, 2.24) is 0 Å². The Balaban J connectivity index is 2.11. The van der Waals surface area contributed by atoms with Gasteiger partial charge in [-0.1, -0.05) is 12.1 Å². The van der Waals surface area contributed by atoms with Gasteiger partial charge >= 0.3 is 0 Å². The first-order chi connectivity index (χ1) is 8.24. The summed E-state index contributed by atoms with van der Waals surface area (Å²) in [6, 6.07) is 6.86. The Hall–Kier alpha value is -1.62. The van der Waals surface area contributed by atoms with Crippen LogP contribution in [0.25, 0.3) is 0 Å². The number of rotatable bonds is 2. The van der Waals surface area contributed by atoms with Crippen molar-refractivity contribution >= 4 is 0 Å². The van der Waals surface area contributed by atoms with Gasteiger partial charge in [-0.05, 0) is 55.2 Å². The normalized spacial score (nSPS) is 24.0. The molecule has 2 rings (SSSR count). The third kappa shape index (κ3) is 2.55. The quantitative estimate of drug-likeness (QED) is 0.699. The molecule has 0 bridgehead atoms. The number of hydrogen-bond donors (Lipinski definition) is 0. The molecule has 0 atom stereocenters. The smallest absolute Gasteiger partial charge is 0.141 e. The second kappa shape index (κ2) is 5.14. The average Bonchev–Trinajstić information content (AvgIpc) is 2.39. The highest BCUT2D eigenvalue weighted by Gasteiger charge is 2.21. The molecule has 2 heteroatoms. The van der Waals surface area contributed by atoms with Crippen LogP contribution >= 0.6 is 0 Å². The van der Waals surface area contributed by atoms with Crippen LogP contribution in [-0.2, 0) is 0 Å². The van der Waals surface area contributed by atoms with E-state index in [4.69, 9.17) is 5.26 Å². The van der Waals surface area contributed by atoms with Crippen molar-refractivity contribution < 1.29 is 4.39 Å². The molecule has 0 unspecified atom stereocenters. The first-order valence-corrected chi connectivity index (χ1v) is 6.06. The molecule has 1 nitrogen and oxygen atoms in total. The number of nitrogens with zero attached hydrogens (tertiary/aromatic N) is 1. The molecule has 1 aromatic rings. The molecule has 0 aliphatic heterocycles. The molecule has 0 aromatic heterocycles. The van der Waals surface area contributed by atoms with Gasteiger partial charge < -0.3 is 0 Å². The number of allylic oxidation sites excluding steroid dienone is 1. The zero-order chi connectivity index (χ0) is 12.3. The van der Waals surface area contributed by atoms with E-state index in [1.54, 1.807) is 6.07 Å². The van der Waals surface area contributed by atoms with Crippen molar-refractivity contribution in [2.24, 2.45) is 5.92 Å². The summed E-state index contributed by atoms with van der Waals surface area (Å²) in [6.45, 7) is 3.82. The number of halogens is 1. The second-order valence-electron chi connectivity index (χ2n) is 4.70. The van der Waals surface area contributed by atoms with Crippen molar-refractivity contribution in [1.29, 1.82) is 5.26 Å². The zero-order valence-electron chi connectivity index (χ0n) is 9.82. The predicted octanol–water partition coefficient (Wildman–Crippen LogP) is 4.16. The summed E-state index contributed by atoms with van der Waals surface area (Å²) < 4.78 is 13.5. The van der Waals surface area contributed by atoms with Crippen LogP contribution in [-0.4, -0.2) is 0 Å². The van der Waals surface area contributed by atoms with Crippen LogP contribution in [0.1, 0.15) is 42.7 Å². The van der Waals surface area contributed by atoms with E-state index in [0.717, 1.165) is 31.2 Å². The topological polar surface area (TPSA) is 23.8 Å². The molecule has 1 aromatic carbocycles. The summed E-state index contributed by atoms with van der Waals surface area (Å²) in [5, 5.41) is 8.69. The van der Waals surface area contributed by atoms with Crippen LogP contribution < -0.4 is 0 Å². The highest BCUT2D eigenvalue weighted by Crippen LogP contribution is 2.36. The van der Waals surface area contributed by atoms with Crippen LogP contribution in [0, 0.1) is 23.1 Å². The van der Waals surface area contributed by atoms with Crippen molar-refractivity contribution in [3.8, 4) is 6.07 Å². The minimum Gasteiger partial charge on any atom is -0.206 e. The molecular formula is C15H16FN. The van der Waals surface area contributed by atoms with Gasteiger partial charge in [-0.25, -0.2) is 4.39 Å². The monoisotopic (exact) mass is 229 g/mol. The van der Waals surface area contributed by atoms with Gasteiger partial charge in [0.15, 0.2) is 0 Å². The maximum atomic E-state index is 13.5. The van der Waals surface area contributed by atoms with Gasteiger partial charge in [-0.2, -0.15) is 5.26 Å². The summed E-state index contributed by atoms with van der Waals surface area (Å²) in [5.74, 6) is 0.666. The molecule has 0 spiro atoms. The van der Waals surface area contributed by atoms with E-state index in [-0.39, 0.29) is 5.56 Å². The summed E-state index contributed by atoms with van der Waals surface area (Å²) in [7, 11) is 0. The van der Waals surface area contributed by atoms with E-state index in [1.165, 1.54) is 6.07 Å². The van der Waals surface area contributed by atoms with Crippen LogP contribution in [0.3, 0.4) is 0 Å². The molecule has 0 saturated heterocycles. The van der Waals surface area contributed by atoms with Gasteiger partial charge in [0.25, 0.3) is 0 Å². The Kier molecular flexibility index (Phi) is 3.58. The molecule has 0 radical (unpaired) electrons. The van der Waals surface area contributed by atoms with E-state index >= 15 is 0 Å². The lowest BCUT2D eigenvalue weighted by Gasteiger charge is -2.26. The Bertz CT molecular complexity index is 450. The van der Waals surface area contributed by atoms with Gasteiger partial charge in [0.2, 0.25) is 0 Å². The third-order valence-corrected chi connectivity index (χ3v) is 3.69. The Morgan fingerprint density at radius 1 is 1.29 bits per heavy atom. The highest BCUT2D eigenvalue weighted by molar-refractivity contribution is 5.34. The van der Waals surface area contributed by atoms with Crippen LogP contribution in [0.2, 0.25) is 0 Å². The Morgan fingerprint density at radius 3 is 2.53 bits per heavy atom. The molecule has 0 heterocycles. The maximum Gasteiger partial charge on any atom is 0.141 e. The van der Waals surface area contributed by atoms with E-state index in [2.05, 4.69) is 6.58 Å². The van der Waals surface area contributed by atoms with Crippen LogP contribution in [0.5, 0.6) is 0 Å². The number of benzene rings is 1. The molecule has 1 saturated carbocycles. The van der Waals surface area contributed by atoms with Gasteiger partial charge in [0.1, 0.15) is 11.9 Å². The van der Waals surface area contributed by atoms with Gasteiger partial charge in [0.05, 0.1) is 5.56 Å². The molecule has 1 aliphatic carbocycles. The fourth-order valence-corrected chi connectivity index (χ4v) is 2.56. The lowest BCUT2D eigenvalue weighted by molar-refractivity contribution is 0.375. The first kappa shape index (κ1) is 11.9. The van der Waals surface area contributed by atoms with E-state index in [0.29, 0.717) is 11.8 Å². The Labute approximate surface area is 102 Å². The molecule has 1 aliphatic rings. The number of nitriles is 1. The van der Waals surface area contributed by atoms with Gasteiger partial charge in [0, 0.05) is 0 Å². The molecule has 0 amide bonds. The molecule has 0 N–H and O–H groups in total.